The molecular weight excluding hydrogens is 413 g/mol. The van der Waals surface area contributed by atoms with Crippen LogP contribution in [0.15, 0.2) is 77.9 Å². The van der Waals surface area contributed by atoms with Gasteiger partial charge in [-0.05, 0) is 77.9 Å². The Bertz CT molecular complexity index is 960. The number of anilines is 1. The second kappa shape index (κ2) is 10.1. The molecule has 0 aliphatic rings. The fraction of sp³-hybridized carbons (Fsp3) is 0.0476. The van der Waals surface area contributed by atoms with Crippen LogP contribution >= 0.6 is 35.4 Å². The lowest BCUT2D eigenvalue weighted by atomic mass is 10.2. The summed E-state index contributed by atoms with van der Waals surface area (Å²) < 4.78 is 5.76. The van der Waals surface area contributed by atoms with Crippen LogP contribution in [0.3, 0.4) is 0 Å². The zero-order chi connectivity index (χ0) is 19.8. The van der Waals surface area contributed by atoms with Crippen molar-refractivity contribution in [3.8, 4) is 5.75 Å². The van der Waals surface area contributed by atoms with Crippen molar-refractivity contribution in [2.24, 2.45) is 5.10 Å². The quantitative estimate of drug-likeness (QED) is 0.291. The van der Waals surface area contributed by atoms with Crippen LogP contribution in [0, 0.1) is 0 Å². The molecule has 0 spiro atoms. The Labute approximate surface area is 179 Å². The summed E-state index contributed by atoms with van der Waals surface area (Å²) in [6.45, 7) is 0.482. The first-order valence-corrected chi connectivity index (χ1v) is 9.58. The van der Waals surface area contributed by atoms with E-state index >= 15 is 0 Å². The monoisotopic (exact) mass is 429 g/mol. The van der Waals surface area contributed by atoms with Gasteiger partial charge in [0.15, 0.2) is 5.11 Å². The Morgan fingerprint density at radius 1 is 0.964 bits per heavy atom. The van der Waals surface area contributed by atoms with Crippen LogP contribution in [0.1, 0.15) is 11.1 Å². The molecule has 28 heavy (non-hydrogen) atoms. The van der Waals surface area contributed by atoms with Crippen LogP contribution in [0.2, 0.25) is 10.0 Å². The van der Waals surface area contributed by atoms with Crippen LogP contribution in [0.25, 0.3) is 0 Å². The summed E-state index contributed by atoms with van der Waals surface area (Å²) in [6, 6.07) is 22.5. The maximum Gasteiger partial charge on any atom is 0.191 e. The number of hydrogen-bond acceptors (Lipinski definition) is 3. The van der Waals surface area contributed by atoms with E-state index in [-0.39, 0.29) is 0 Å². The van der Waals surface area contributed by atoms with Gasteiger partial charge in [0, 0.05) is 15.7 Å². The molecule has 0 saturated heterocycles. The van der Waals surface area contributed by atoms with Crippen molar-refractivity contribution in [2.45, 2.75) is 6.61 Å². The molecule has 0 amide bonds. The number of hydrazone groups is 1. The number of hydrogen-bond donors (Lipinski definition) is 2. The van der Waals surface area contributed by atoms with Crippen molar-refractivity contribution in [3.05, 3.63) is 94.0 Å². The zero-order valence-electron chi connectivity index (χ0n) is 14.7. The average molecular weight is 430 g/mol. The van der Waals surface area contributed by atoms with E-state index in [1.165, 1.54) is 0 Å². The van der Waals surface area contributed by atoms with Crippen molar-refractivity contribution in [2.75, 3.05) is 5.32 Å². The van der Waals surface area contributed by atoms with Crippen molar-refractivity contribution in [3.63, 3.8) is 0 Å². The molecule has 0 aliphatic carbocycles. The van der Waals surface area contributed by atoms with E-state index in [0.717, 1.165) is 22.6 Å². The lowest BCUT2D eigenvalue weighted by Gasteiger charge is -2.07. The molecule has 3 aromatic rings. The molecule has 0 aromatic heterocycles. The van der Waals surface area contributed by atoms with E-state index in [2.05, 4.69) is 15.8 Å². The van der Waals surface area contributed by atoms with Crippen molar-refractivity contribution in [1.29, 1.82) is 0 Å². The molecule has 7 heteroatoms. The first-order valence-electron chi connectivity index (χ1n) is 8.41. The fourth-order valence-electron chi connectivity index (χ4n) is 2.29. The van der Waals surface area contributed by atoms with Gasteiger partial charge in [0.2, 0.25) is 0 Å². The molecule has 0 fully saturated rings. The smallest absolute Gasteiger partial charge is 0.191 e. The third-order valence-electron chi connectivity index (χ3n) is 3.66. The highest BCUT2D eigenvalue weighted by Gasteiger charge is 1.98. The first-order chi connectivity index (χ1) is 13.6. The first kappa shape index (κ1) is 20.1. The number of thiocarbonyl (C=S) groups is 1. The highest BCUT2D eigenvalue weighted by Crippen LogP contribution is 2.16. The van der Waals surface area contributed by atoms with Crippen LogP contribution < -0.4 is 15.5 Å². The number of nitrogens with zero attached hydrogens (tertiary/aromatic N) is 1. The minimum Gasteiger partial charge on any atom is -0.489 e. The fourth-order valence-corrected chi connectivity index (χ4v) is 2.77. The largest absolute Gasteiger partial charge is 0.489 e. The Balaban J connectivity index is 1.46. The van der Waals surface area contributed by atoms with Gasteiger partial charge in [0.1, 0.15) is 12.4 Å². The zero-order valence-corrected chi connectivity index (χ0v) is 17.1. The predicted octanol–water partition coefficient (Wildman–Crippen LogP) is 5.89. The third-order valence-corrected chi connectivity index (χ3v) is 4.34. The number of benzene rings is 3. The summed E-state index contributed by atoms with van der Waals surface area (Å²) >= 11 is 17.0. The van der Waals surface area contributed by atoms with E-state index in [1.807, 2.05) is 60.7 Å². The molecule has 4 nitrogen and oxygen atoms in total. The van der Waals surface area contributed by atoms with Crippen molar-refractivity contribution in [1.82, 2.24) is 5.43 Å². The Morgan fingerprint density at radius 3 is 2.43 bits per heavy atom. The van der Waals surface area contributed by atoms with Crippen LogP contribution in [0.4, 0.5) is 5.69 Å². The molecule has 0 bridgehead atoms. The van der Waals surface area contributed by atoms with E-state index < -0.39 is 0 Å². The highest BCUT2D eigenvalue weighted by molar-refractivity contribution is 7.80. The van der Waals surface area contributed by atoms with Gasteiger partial charge in [-0.25, -0.2) is 0 Å². The molecule has 3 aromatic carbocycles. The van der Waals surface area contributed by atoms with E-state index in [1.54, 1.807) is 18.3 Å². The van der Waals surface area contributed by atoms with Gasteiger partial charge in [-0.3, -0.25) is 5.43 Å². The molecule has 0 atom stereocenters. The Kier molecular flexibility index (Phi) is 7.25. The number of nitrogens with one attached hydrogen (secondary N) is 2. The molecule has 0 heterocycles. The number of halogens is 2. The summed E-state index contributed by atoms with van der Waals surface area (Å²) in [5.41, 5.74) is 5.53. The molecule has 0 aliphatic heterocycles. The lowest BCUT2D eigenvalue weighted by molar-refractivity contribution is 0.306. The second-order valence-electron chi connectivity index (χ2n) is 5.82. The van der Waals surface area contributed by atoms with E-state index in [9.17, 15) is 0 Å². The van der Waals surface area contributed by atoms with Gasteiger partial charge in [-0.2, -0.15) is 5.10 Å². The minimum atomic E-state index is 0.376. The van der Waals surface area contributed by atoms with Crippen LogP contribution in [0.5, 0.6) is 5.75 Å². The normalized spacial score (nSPS) is 10.6. The maximum atomic E-state index is 5.94. The number of ether oxygens (including phenoxy) is 1. The van der Waals surface area contributed by atoms with Gasteiger partial charge in [0.05, 0.1) is 6.21 Å². The third kappa shape index (κ3) is 6.53. The summed E-state index contributed by atoms with van der Waals surface area (Å²) in [7, 11) is 0. The standard InChI is InChI=1S/C21H17Cl2N3OS/c22-17-8-4-16(5-9-17)14-27-20-10-6-15(7-11-20)13-24-26-21(28)25-19-3-1-2-18(23)12-19/h1-13H,14H2,(H2,25,26,28)/b24-13-. The molecule has 0 radical (unpaired) electrons. The van der Waals surface area contributed by atoms with E-state index in [0.29, 0.717) is 21.8 Å². The Morgan fingerprint density at radius 2 is 1.71 bits per heavy atom. The van der Waals surface area contributed by atoms with Gasteiger partial charge in [0.25, 0.3) is 0 Å². The molecule has 0 saturated carbocycles. The van der Waals surface area contributed by atoms with Crippen molar-refractivity contribution >= 4 is 52.4 Å². The van der Waals surface area contributed by atoms with Gasteiger partial charge >= 0.3 is 0 Å². The predicted molar refractivity (Wildman–Crippen MR) is 121 cm³/mol. The summed E-state index contributed by atoms with van der Waals surface area (Å²) in [4.78, 5) is 0. The van der Waals surface area contributed by atoms with Gasteiger partial charge in [-0.1, -0.05) is 41.4 Å². The summed E-state index contributed by atoms with van der Waals surface area (Å²) in [5.74, 6) is 0.776. The molecular formula is C21H17Cl2N3OS. The lowest BCUT2D eigenvalue weighted by Crippen LogP contribution is -2.23. The molecule has 2 N–H and O–H groups in total. The van der Waals surface area contributed by atoms with Gasteiger partial charge in [-0.15, -0.1) is 0 Å². The minimum absolute atomic E-state index is 0.376. The second-order valence-corrected chi connectivity index (χ2v) is 7.10. The molecule has 142 valence electrons. The topological polar surface area (TPSA) is 45.7 Å². The van der Waals surface area contributed by atoms with E-state index in [4.69, 9.17) is 40.2 Å². The van der Waals surface area contributed by atoms with Crippen molar-refractivity contribution < 1.29 is 4.74 Å². The molecule has 3 rings (SSSR count). The van der Waals surface area contributed by atoms with Crippen LogP contribution in [-0.4, -0.2) is 11.3 Å². The average Bonchev–Trinajstić information content (AvgIpc) is 2.68. The Hall–Kier alpha value is -2.60. The SMILES string of the molecule is S=C(N/N=C\c1ccc(OCc2ccc(Cl)cc2)cc1)Nc1cccc(Cl)c1. The number of rotatable bonds is 6. The summed E-state index contributed by atoms with van der Waals surface area (Å²) in [6.07, 6.45) is 1.68. The highest BCUT2D eigenvalue weighted by atomic mass is 35.5. The van der Waals surface area contributed by atoms with Crippen LogP contribution in [-0.2, 0) is 6.61 Å². The van der Waals surface area contributed by atoms with Gasteiger partial charge < -0.3 is 10.1 Å². The molecule has 0 unspecified atom stereocenters. The summed E-state index contributed by atoms with van der Waals surface area (Å²) in [5, 5.41) is 8.86. The maximum absolute atomic E-state index is 5.94.